The quantitative estimate of drug-likeness (QED) is 0.741. The van der Waals surface area contributed by atoms with Crippen LogP contribution < -0.4 is 4.74 Å². The minimum atomic E-state index is 0.586. The van der Waals surface area contributed by atoms with E-state index in [-0.39, 0.29) is 0 Å². The summed E-state index contributed by atoms with van der Waals surface area (Å²) in [5.74, 6) is 0.970. The van der Waals surface area contributed by atoms with Crippen molar-refractivity contribution < 1.29 is 4.74 Å². The molecule has 16 heavy (non-hydrogen) atoms. The average molecular weight is 210 g/mol. The fourth-order valence-corrected chi connectivity index (χ4v) is 1.57. The highest BCUT2D eigenvalue weighted by Crippen LogP contribution is 2.19. The summed E-state index contributed by atoms with van der Waals surface area (Å²) in [4.78, 5) is 0. The third-order valence-corrected chi connectivity index (χ3v) is 2.47. The molecule has 0 fully saturated rings. The fourth-order valence-electron chi connectivity index (χ4n) is 1.57. The third-order valence-electron chi connectivity index (χ3n) is 2.47. The van der Waals surface area contributed by atoms with E-state index in [1.54, 1.807) is 0 Å². The minimum absolute atomic E-state index is 0.586. The summed E-state index contributed by atoms with van der Waals surface area (Å²) in [5.41, 5.74) is 2.36. The van der Waals surface area contributed by atoms with Crippen LogP contribution in [0.5, 0.6) is 5.75 Å². The SMILES string of the molecule is CCc1ccccc1OCC1=C[C][C]C=C1. The van der Waals surface area contributed by atoms with E-state index in [2.05, 4.69) is 25.8 Å². The number of benzene rings is 1. The first-order chi connectivity index (χ1) is 7.90. The molecule has 0 unspecified atom stereocenters. The molecule has 1 aromatic rings. The Balaban J connectivity index is 1.99. The van der Waals surface area contributed by atoms with Crippen LogP contribution in [0, 0.1) is 12.8 Å². The van der Waals surface area contributed by atoms with E-state index < -0.39 is 0 Å². The molecule has 0 amide bonds. The third kappa shape index (κ3) is 2.75. The van der Waals surface area contributed by atoms with Crippen LogP contribution in [0.3, 0.4) is 0 Å². The fraction of sp³-hybridized carbons (Fsp3) is 0.200. The van der Waals surface area contributed by atoms with Gasteiger partial charge in [-0.2, -0.15) is 0 Å². The van der Waals surface area contributed by atoms with Crippen molar-refractivity contribution in [2.45, 2.75) is 13.3 Å². The summed E-state index contributed by atoms with van der Waals surface area (Å²) >= 11 is 0. The molecule has 0 N–H and O–H groups in total. The second-order valence-electron chi connectivity index (χ2n) is 3.59. The van der Waals surface area contributed by atoms with E-state index in [1.165, 1.54) is 5.56 Å². The first kappa shape index (κ1) is 11.0. The van der Waals surface area contributed by atoms with Gasteiger partial charge in [-0.3, -0.25) is 0 Å². The van der Waals surface area contributed by atoms with Gasteiger partial charge in [-0.15, -0.1) is 0 Å². The maximum atomic E-state index is 5.78. The van der Waals surface area contributed by atoms with Crippen LogP contribution >= 0.6 is 0 Å². The molecule has 0 spiro atoms. The molecule has 0 aliphatic heterocycles. The molecule has 0 heterocycles. The molecule has 0 saturated heterocycles. The normalized spacial score (nSPS) is 14.7. The molecular weight excluding hydrogens is 196 g/mol. The second-order valence-corrected chi connectivity index (χ2v) is 3.59. The van der Waals surface area contributed by atoms with E-state index >= 15 is 0 Å². The lowest BCUT2D eigenvalue weighted by molar-refractivity contribution is 0.351. The number of hydrogen-bond donors (Lipinski definition) is 0. The van der Waals surface area contributed by atoms with Crippen molar-refractivity contribution in [3.63, 3.8) is 0 Å². The predicted octanol–water partition coefficient (Wildman–Crippen LogP) is 3.29. The molecule has 4 radical (unpaired) electrons. The van der Waals surface area contributed by atoms with Crippen LogP contribution in [0.4, 0.5) is 0 Å². The van der Waals surface area contributed by atoms with Crippen LogP contribution in [0.2, 0.25) is 0 Å². The Bertz CT molecular complexity index is 402. The summed E-state index contributed by atoms with van der Waals surface area (Å²) in [6, 6.07) is 8.15. The Hall–Kier alpha value is -1.50. The first-order valence-electron chi connectivity index (χ1n) is 5.47. The lowest BCUT2D eigenvalue weighted by Crippen LogP contribution is -2.03. The average Bonchev–Trinajstić information content (AvgIpc) is 2.38. The highest BCUT2D eigenvalue weighted by atomic mass is 16.5. The van der Waals surface area contributed by atoms with Crippen molar-refractivity contribution in [1.82, 2.24) is 0 Å². The van der Waals surface area contributed by atoms with E-state index in [0.717, 1.165) is 17.7 Å². The maximum Gasteiger partial charge on any atom is 0.122 e. The van der Waals surface area contributed by atoms with Crippen LogP contribution in [-0.2, 0) is 6.42 Å². The van der Waals surface area contributed by atoms with Gasteiger partial charge in [0.1, 0.15) is 12.4 Å². The molecule has 0 bridgehead atoms. The van der Waals surface area contributed by atoms with Crippen molar-refractivity contribution in [2.24, 2.45) is 0 Å². The maximum absolute atomic E-state index is 5.78. The molecule has 80 valence electrons. The van der Waals surface area contributed by atoms with Crippen molar-refractivity contribution in [2.75, 3.05) is 6.61 Å². The summed E-state index contributed by atoms with van der Waals surface area (Å²) < 4.78 is 5.78. The lowest BCUT2D eigenvalue weighted by Gasteiger charge is -2.11. The van der Waals surface area contributed by atoms with Crippen LogP contribution in [0.25, 0.3) is 0 Å². The summed E-state index contributed by atoms with van der Waals surface area (Å²) in [5, 5.41) is 0. The van der Waals surface area contributed by atoms with Gasteiger partial charge in [0, 0.05) is 12.8 Å². The zero-order chi connectivity index (χ0) is 11.2. The summed E-state index contributed by atoms with van der Waals surface area (Å²) in [6.45, 7) is 2.72. The largest absolute Gasteiger partial charge is 0.489 e. The molecule has 1 heteroatoms. The Morgan fingerprint density at radius 1 is 1.19 bits per heavy atom. The van der Waals surface area contributed by atoms with Gasteiger partial charge in [-0.05, 0) is 23.6 Å². The van der Waals surface area contributed by atoms with Crippen molar-refractivity contribution in [1.29, 1.82) is 0 Å². The van der Waals surface area contributed by atoms with Crippen molar-refractivity contribution in [3.8, 4) is 5.75 Å². The van der Waals surface area contributed by atoms with Gasteiger partial charge < -0.3 is 4.74 Å². The highest BCUT2D eigenvalue weighted by molar-refractivity contribution is 5.36. The number of rotatable bonds is 4. The van der Waals surface area contributed by atoms with Crippen LogP contribution in [0.15, 0.2) is 48.1 Å². The van der Waals surface area contributed by atoms with E-state index in [4.69, 9.17) is 4.74 Å². The Morgan fingerprint density at radius 3 is 2.81 bits per heavy atom. The first-order valence-corrected chi connectivity index (χ1v) is 5.47. The standard InChI is InChI=1S/C15H14O/c1-2-14-10-6-7-11-15(14)16-12-13-8-4-3-5-9-13/h4,6-11H,2,12H2,1H3. The lowest BCUT2D eigenvalue weighted by atomic mass is 10.1. The number of hydrogen-bond acceptors (Lipinski definition) is 1. The van der Waals surface area contributed by atoms with Gasteiger partial charge in [-0.25, -0.2) is 0 Å². The number of allylic oxidation sites excluding steroid dienone is 2. The molecule has 1 nitrogen and oxygen atoms in total. The van der Waals surface area contributed by atoms with Crippen LogP contribution in [0.1, 0.15) is 12.5 Å². The molecule has 2 rings (SSSR count). The molecule has 0 atom stereocenters. The molecular formula is C15H14O. The number of aryl methyl sites for hydroxylation is 1. The van der Waals surface area contributed by atoms with E-state index in [1.807, 2.05) is 36.4 Å². The predicted molar refractivity (Wildman–Crippen MR) is 65.0 cm³/mol. The number of ether oxygens (including phenoxy) is 1. The number of para-hydroxylation sites is 1. The second kappa shape index (κ2) is 5.55. The molecule has 0 saturated carbocycles. The van der Waals surface area contributed by atoms with Crippen molar-refractivity contribution in [3.05, 3.63) is 66.5 Å². The van der Waals surface area contributed by atoms with Gasteiger partial charge in [0.15, 0.2) is 0 Å². The van der Waals surface area contributed by atoms with Crippen molar-refractivity contribution >= 4 is 0 Å². The zero-order valence-electron chi connectivity index (χ0n) is 9.36. The van der Waals surface area contributed by atoms with Gasteiger partial charge in [0.05, 0.1) is 0 Å². The Kier molecular flexibility index (Phi) is 3.81. The smallest absolute Gasteiger partial charge is 0.122 e. The summed E-state index contributed by atoms with van der Waals surface area (Å²) in [7, 11) is 0. The summed E-state index contributed by atoms with van der Waals surface area (Å²) in [6.07, 6.45) is 12.5. The Morgan fingerprint density at radius 2 is 2.06 bits per heavy atom. The minimum Gasteiger partial charge on any atom is -0.489 e. The van der Waals surface area contributed by atoms with Gasteiger partial charge in [0.25, 0.3) is 0 Å². The molecule has 1 aliphatic rings. The molecule has 1 aliphatic carbocycles. The molecule has 1 aromatic carbocycles. The monoisotopic (exact) mass is 210 g/mol. The van der Waals surface area contributed by atoms with E-state index in [9.17, 15) is 0 Å². The highest BCUT2D eigenvalue weighted by Gasteiger charge is 2.03. The molecule has 0 aromatic heterocycles. The van der Waals surface area contributed by atoms with Crippen LogP contribution in [-0.4, -0.2) is 6.61 Å². The van der Waals surface area contributed by atoms with E-state index in [0.29, 0.717) is 6.61 Å². The van der Waals surface area contributed by atoms with Gasteiger partial charge >= 0.3 is 0 Å². The Labute approximate surface area is 97.4 Å². The zero-order valence-corrected chi connectivity index (χ0v) is 9.36. The van der Waals surface area contributed by atoms with Gasteiger partial charge in [-0.1, -0.05) is 43.4 Å². The topological polar surface area (TPSA) is 9.23 Å². The van der Waals surface area contributed by atoms with Gasteiger partial charge in [0.2, 0.25) is 0 Å².